The van der Waals surface area contributed by atoms with Gasteiger partial charge in [0.05, 0.1) is 19.9 Å². The van der Waals surface area contributed by atoms with Gasteiger partial charge in [-0.3, -0.25) is 4.99 Å². The molecule has 117 valence electrons. The summed E-state index contributed by atoms with van der Waals surface area (Å²) in [7, 11) is 3.38. The summed E-state index contributed by atoms with van der Waals surface area (Å²) < 4.78 is 10.5. The van der Waals surface area contributed by atoms with E-state index in [0.717, 1.165) is 42.2 Å². The molecule has 1 aliphatic rings. The molecular formula is C18H19IrNO2. The fraction of sp³-hybridized carbons (Fsp3) is 0.278. The summed E-state index contributed by atoms with van der Waals surface area (Å²) in [5.74, 6) is 1.77. The summed E-state index contributed by atoms with van der Waals surface area (Å²) in [6.07, 6.45) is 3.24. The molecule has 0 aliphatic heterocycles. The Morgan fingerprint density at radius 1 is 0.864 bits per heavy atom. The fourth-order valence-corrected chi connectivity index (χ4v) is 2.70. The molecule has 0 bridgehead atoms. The number of benzene rings is 2. The van der Waals surface area contributed by atoms with Crippen molar-refractivity contribution in [1.82, 2.24) is 0 Å². The van der Waals surface area contributed by atoms with E-state index in [4.69, 9.17) is 14.5 Å². The third-order valence-electron chi connectivity index (χ3n) is 3.82. The number of hydrogen-bond acceptors (Lipinski definition) is 3. The standard InChI is InChI=1S/C18H19NO2.Ir/c1-20-15-8-6-14(7-9-15)19-18-5-3-4-13-12-16(21-2)10-11-17(13)18;/h6-12H,3-5H2,1-2H3;/b19-18+;. The quantitative estimate of drug-likeness (QED) is 0.671. The van der Waals surface area contributed by atoms with Crippen molar-refractivity contribution in [3.63, 3.8) is 0 Å². The number of rotatable bonds is 3. The first kappa shape index (κ1) is 16.7. The molecule has 0 saturated carbocycles. The third kappa shape index (κ3) is 3.57. The van der Waals surface area contributed by atoms with Gasteiger partial charge in [0, 0.05) is 25.8 Å². The van der Waals surface area contributed by atoms with Crippen LogP contribution in [0.1, 0.15) is 24.0 Å². The molecule has 0 saturated heterocycles. The second-order valence-electron chi connectivity index (χ2n) is 5.13. The van der Waals surface area contributed by atoms with Crippen LogP contribution in [-0.2, 0) is 26.5 Å². The Morgan fingerprint density at radius 2 is 1.55 bits per heavy atom. The zero-order chi connectivity index (χ0) is 14.7. The Labute approximate surface area is 144 Å². The molecule has 4 heteroatoms. The van der Waals surface area contributed by atoms with Crippen molar-refractivity contribution >= 4 is 11.4 Å². The van der Waals surface area contributed by atoms with Gasteiger partial charge in [-0.2, -0.15) is 0 Å². The van der Waals surface area contributed by atoms with Crippen molar-refractivity contribution in [3.05, 3.63) is 53.6 Å². The van der Waals surface area contributed by atoms with Gasteiger partial charge < -0.3 is 9.47 Å². The van der Waals surface area contributed by atoms with Crippen LogP contribution in [-0.4, -0.2) is 19.9 Å². The smallest absolute Gasteiger partial charge is 0.119 e. The van der Waals surface area contributed by atoms with Gasteiger partial charge in [0.15, 0.2) is 0 Å². The normalized spacial score (nSPS) is 14.9. The molecule has 3 rings (SSSR count). The van der Waals surface area contributed by atoms with E-state index in [1.54, 1.807) is 14.2 Å². The van der Waals surface area contributed by atoms with E-state index in [9.17, 15) is 0 Å². The molecule has 0 fully saturated rings. The van der Waals surface area contributed by atoms with Crippen LogP contribution in [0.5, 0.6) is 11.5 Å². The minimum Gasteiger partial charge on any atom is -0.497 e. The average Bonchev–Trinajstić information content (AvgIpc) is 2.55. The number of methoxy groups -OCH3 is 2. The first-order valence-electron chi connectivity index (χ1n) is 7.19. The molecule has 1 radical (unpaired) electrons. The zero-order valence-electron chi connectivity index (χ0n) is 12.8. The summed E-state index contributed by atoms with van der Waals surface area (Å²) in [5, 5.41) is 0. The SMILES string of the molecule is COc1ccc(/N=C2\CCCc3cc(OC)ccc32)cc1.[Ir]. The van der Waals surface area contributed by atoms with Gasteiger partial charge in [0.2, 0.25) is 0 Å². The van der Waals surface area contributed by atoms with Crippen LogP contribution in [0.4, 0.5) is 5.69 Å². The predicted octanol–water partition coefficient (Wildman–Crippen LogP) is 4.16. The van der Waals surface area contributed by atoms with Crippen LogP contribution in [0.25, 0.3) is 0 Å². The topological polar surface area (TPSA) is 30.8 Å². The number of aryl methyl sites for hydroxylation is 1. The largest absolute Gasteiger partial charge is 0.497 e. The van der Waals surface area contributed by atoms with Crippen molar-refractivity contribution in [1.29, 1.82) is 0 Å². The van der Waals surface area contributed by atoms with Crippen molar-refractivity contribution in [2.45, 2.75) is 19.3 Å². The molecular weight excluding hydrogens is 454 g/mol. The average molecular weight is 474 g/mol. The van der Waals surface area contributed by atoms with Crippen molar-refractivity contribution in [2.24, 2.45) is 4.99 Å². The molecule has 0 N–H and O–H groups in total. The maximum Gasteiger partial charge on any atom is 0.119 e. The van der Waals surface area contributed by atoms with E-state index in [-0.39, 0.29) is 20.1 Å². The van der Waals surface area contributed by atoms with E-state index in [0.29, 0.717) is 0 Å². The van der Waals surface area contributed by atoms with Crippen molar-refractivity contribution in [3.8, 4) is 11.5 Å². The van der Waals surface area contributed by atoms with Crippen LogP contribution >= 0.6 is 0 Å². The Morgan fingerprint density at radius 3 is 2.23 bits per heavy atom. The molecule has 0 unspecified atom stereocenters. The molecule has 2 aromatic rings. The molecule has 2 aromatic carbocycles. The summed E-state index contributed by atoms with van der Waals surface area (Å²) in [4.78, 5) is 4.81. The van der Waals surface area contributed by atoms with Gasteiger partial charge in [-0.25, -0.2) is 0 Å². The zero-order valence-corrected chi connectivity index (χ0v) is 15.2. The maximum atomic E-state index is 5.31. The predicted molar refractivity (Wildman–Crippen MR) is 85.1 cm³/mol. The molecule has 0 spiro atoms. The summed E-state index contributed by atoms with van der Waals surface area (Å²) in [5.41, 5.74) is 4.70. The number of ether oxygens (including phenoxy) is 2. The molecule has 1 aliphatic carbocycles. The van der Waals surface area contributed by atoms with E-state index in [1.807, 2.05) is 30.3 Å². The van der Waals surface area contributed by atoms with Crippen molar-refractivity contribution in [2.75, 3.05) is 14.2 Å². The summed E-state index contributed by atoms with van der Waals surface area (Å²) in [6.45, 7) is 0. The first-order chi connectivity index (χ1) is 10.3. The van der Waals surface area contributed by atoms with Crippen LogP contribution in [0.3, 0.4) is 0 Å². The first-order valence-corrected chi connectivity index (χ1v) is 7.19. The van der Waals surface area contributed by atoms with Crippen LogP contribution < -0.4 is 9.47 Å². The maximum absolute atomic E-state index is 5.31. The fourth-order valence-electron chi connectivity index (χ4n) is 2.70. The summed E-state index contributed by atoms with van der Waals surface area (Å²) >= 11 is 0. The van der Waals surface area contributed by atoms with Crippen LogP contribution in [0, 0.1) is 0 Å². The van der Waals surface area contributed by atoms with E-state index in [1.165, 1.54) is 11.1 Å². The van der Waals surface area contributed by atoms with Gasteiger partial charge >= 0.3 is 0 Å². The molecule has 3 nitrogen and oxygen atoms in total. The van der Waals surface area contributed by atoms with Crippen LogP contribution in [0.15, 0.2) is 47.5 Å². The number of aliphatic imine (C=N–C) groups is 1. The minimum atomic E-state index is 0. The minimum absolute atomic E-state index is 0. The van der Waals surface area contributed by atoms with E-state index in [2.05, 4.69) is 12.1 Å². The Balaban J connectivity index is 0.00000176. The third-order valence-corrected chi connectivity index (χ3v) is 3.82. The Hall–Kier alpha value is -1.64. The molecule has 22 heavy (non-hydrogen) atoms. The van der Waals surface area contributed by atoms with Crippen molar-refractivity contribution < 1.29 is 29.6 Å². The second kappa shape index (κ2) is 7.57. The molecule has 0 aromatic heterocycles. The Bertz CT molecular complexity index is 665. The molecule has 0 amide bonds. The molecule has 0 heterocycles. The second-order valence-corrected chi connectivity index (χ2v) is 5.13. The van der Waals surface area contributed by atoms with Gasteiger partial charge in [0.1, 0.15) is 11.5 Å². The monoisotopic (exact) mass is 474 g/mol. The van der Waals surface area contributed by atoms with Gasteiger partial charge in [-0.05, 0) is 72.9 Å². The van der Waals surface area contributed by atoms with Crippen LogP contribution in [0.2, 0.25) is 0 Å². The van der Waals surface area contributed by atoms with Gasteiger partial charge in [-0.1, -0.05) is 0 Å². The summed E-state index contributed by atoms with van der Waals surface area (Å²) in [6, 6.07) is 14.1. The Kier molecular flexibility index (Phi) is 5.76. The number of nitrogens with zero attached hydrogens (tertiary/aromatic N) is 1. The van der Waals surface area contributed by atoms with E-state index < -0.39 is 0 Å². The van der Waals surface area contributed by atoms with Gasteiger partial charge in [-0.15, -0.1) is 0 Å². The van der Waals surface area contributed by atoms with Gasteiger partial charge in [0.25, 0.3) is 0 Å². The van der Waals surface area contributed by atoms with E-state index >= 15 is 0 Å². The molecule has 0 atom stereocenters. The number of fused-ring (bicyclic) bond motifs is 1. The number of hydrogen-bond donors (Lipinski definition) is 0.